The number of ether oxygens (including phenoxy) is 1. The molecule has 1 amide bonds. The number of hydrogen-bond donors (Lipinski definition) is 2. The molecule has 5 nitrogen and oxygen atoms in total. The highest BCUT2D eigenvalue weighted by Crippen LogP contribution is 2.05. The topological polar surface area (TPSA) is 77.2 Å². The van der Waals surface area contributed by atoms with Crippen molar-refractivity contribution in [2.45, 2.75) is 6.54 Å². The summed E-state index contributed by atoms with van der Waals surface area (Å²) >= 11 is 0. The van der Waals surface area contributed by atoms with E-state index in [9.17, 15) is 4.79 Å². The van der Waals surface area contributed by atoms with Crippen molar-refractivity contribution in [1.82, 2.24) is 10.3 Å². The Morgan fingerprint density at radius 2 is 2.43 bits per heavy atom. The summed E-state index contributed by atoms with van der Waals surface area (Å²) in [5.41, 5.74) is 5.94. The third-order valence-corrected chi connectivity index (χ3v) is 1.64. The number of aromatic nitrogens is 1. The van der Waals surface area contributed by atoms with Gasteiger partial charge in [0.2, 0.25) is 11.8 Å². The maximum absolute atomic E-state index is 10.4. The van der Waals surface area contributed by atoms with Crippen LogP contribution >= 0.6 is 0 Å². The third-order valence-electron chi connectivity index (χ3n) is 1.64. The summed E-state index contributed by atoms with van der Waals surface area (Å²) in [7, 11) is 1.56. The van der Waals surface area contributed by atoms with Crippen LogP contribution in [0.5, 0.6) is 5.88 Å². The Labute approximate surface area is 82.3 Å². The van der Waals surface area contributed by atoms with E-state index in [0.717, 1.165) is 5.56 Å². The van der Waals surface area contributed by atoms with Crippen molar-refractivity contribution in [3.05, 3.63) is 23.9 Å². The molecular formula is C9H13N3O2. The van der Waals surface area contributed by atoms with Crippen molar-refractivity contribution >= 4 is 5.91 Å². The van der Waals surface area contributed by atoms with Crippen molar-refractivity contribution in [3.63, 3.8) is 0 Å². The van der Waals surface area contributed by atoms with E-state index in [1.54, 1.807) is 19.4 Å². The average molecular weight is 195 g/mol. The van der Waals surface area contributed by atoms with Crippen LogP contribution in [0, 0.1) is 0 Å². The van der Waals surface area contributed by atoms with Gasteiger partial charge in [-0.3, -0.25) is 4.79 Å². The van der Waals surface area contributed by atoms with Gasteiger partial charge >= 0.3 is 0 Å². The molecule has 0 saturated heterocycles. The van der Waals surface area contributed by atoms with E-state index in [-0.39, 0.29) is 12.5 Å². The van der Waals surface area contributed by atoms with Crippen LogP contribution in [-0.2, 0) is 11.3 Å². The molecule has 0 atom stereocenters. The Hall–Kier alpha value is -1.62. The van der Waals surface area contributed by atoms with Gasteiger partial charge < -0.3 is 15.8 Å². The zero-order valence-corrected chi connectivity index (χ0v) is 7.99. The number of hydrogen-bond acceptors (Lipinski definition) is 4. The van der Waals surface area contributed by atoms with E-state index < -0.39 is 0 Å². The summed E-state index contributed by atoms with van der Waals surface area (Å²) in [6, 6.07) is 3.64. The summed E-state index contributed by atoms with van der Waals surface area (Å²) in [6.45, 7) is 0.742. The largest absolute Gasteiger partial charge is 0.481 e. The Morgan fingerprint density at radius 3 is 2.93 bits per heavy atom. The van der Waals surface area contributed by atoms with Crippen LogP contribution in [0.3, 0.4) is 0 Å². The number of carbonyl (C=O) groups is 1. The molecule has 0 bridgehead atoms. The lowest BCUT2D eigenvalue weighted by Crippen LogP contribution is -2.28. The second-order valence-corrected chi connectivity index (χ2v) is 2.78. The van der Waals surface area contributed by atoms with Gasteiger partial charge in [0.15, 0.2) is 0 Å². The Kier molecular flexibility index (Phi) is 3.87. The molecule has 0 aliphatic heterocycles. The van der Waals surface area contributed by atoms with E-state index in [4.69, 9.17) is 10.5 Å². The highest BCUT2D eigenvalue weighted by atomic mass is 16.5. The Morgan fingerprint density at radius 1 is 1.64 bits per heavy atom. The first-order chi connectivity index (χ1) is 6.72. The molecular weight excluding hydrogens is 182 g/mol. The van der Waals surface area contributed by atoms with Crippen LogP contribution in [0.15, 0.2) is 18.3 Å². The number of nitrogens with one attached hydrogen (secondary N) is 1. The van der Waals surface area contributed by atoms with Crippen molar-refractivity contribution < 1.29 is 9.53 Å². The highest BCUT2D eigenvalue weighted by molar-refractivity contribution is 5.75. The predicted molar refractivity (Wildman–Crippen MR) is 51.7 cm³/mol. The van der Waals surface area contributed by atoms with Gasteiger partial charge in [0.1, 0.15) is 0 Å². The lowest BCUT2D eigenvalue weighted by atomic mass is 10.3. The van der Waals surface area contributed by atoms with Gasteiger partial charge in [0.25, 0.3) is 0 Å². The molecule has 0 aromatic carbocycles. The molecule has 14 heavy (non-hydrogen) atoms. The number of nitrogens with two attached hydrogens (primary N) is 1. The molecule has 3 N–H and O–H groups in total. The zero-order valence-electron chi connectivity index (χ0n) is 7.99. The van der Waals surface area contributed by atoms with E-state index in [2.05, 4.69) is 10.3 Å². The number of nitrogens with zero attached hydrogens (tertiary/aromatic N) is 1. The van der Waals surface area contributed by atoms with Gasteiger partial charge in [-0.1, -0.05) is 6.07 Å². The number of methoxy groups -OCH3 is 1. The van der Waals surface area contributed by atoms with Gasteiger partial charge in [0.05, 0.1) is 13.7 Å². The van der Waals surface area contributed by atoms with E-state index >= 15 is 0 Å². The van der Waals surface area contributed by atoms with Gasteiger partial charge in [-0.25, -0.2) is 4.98 Å². The zero-order chi connectivity index (χ0) is 10.4. The van der Waals surface area contributed by atoms with Gasteiger partial charge in [-0.2, -0.15) is 0 Å². The van der Waals surface area contributed by atoms with Crippen molar-refractivity contribution in [1.29, 1.82) is 0 Å². The van der Waals surface area contributed by atoms with Crippen LogP contribution in [0.2, 0.25) is 0 Å². The normalized spacial score (nSPS) is 9.79. The second-order valence-electron chi connectivity index (χ2n) is 2.78. The molecule has 0 fully saturated rings. The van der Waals surface area contributed by atoms with Crippen molar-refractivity contribution in [2.75, 3.05) is 13.7 Å². The molecule has 1 rings (SSSR count). The number of carbonyl (C=O) groups excluding carboxylic acids is 1. The van der Waals surface area contributed by atoms with Crippen LogP contribution < -0.4 is 15.8 Å². The standard InChI is InChI=1S/C9H13N3O2/c1-14-9-3-2-7(5-12-9)4-11-6-8(10)13/h2-3,5,11H,4,6H2,1H3,(H2,10,13). The fraction of sp³-hybridized carbons (Fsp3) is 0.333. The van der Waals surface area contributed by atoms with E-state index in [0.29, 0.717) is 12.4 Å². The first-order valence-corrected chi connectivity index (χ1v) is 4.20. The number of pyridine rings is 1. The number of primary amides is 1. The molecule has 0 saturated carbocycles. The highest BCUT2D eigenvalue weighted by Gasteiger charge is 1.96. The van der Waals surface area contributed by atoms with Crippen LogP contribution in [0.1, 0.15) is 5.56 Å². The number of amides is 1. The van der Waals surface area contributed by atoms with Gasteiger partial charge in [-0.15, -0.1) is 0 Å². The van der Waals surface area contributed by atoms with E-state index in [1.807, 2.05) is 6.07 Å². The minimum Gasteiger partial charge on any atom is -0.481 e. The summed E-state index contributed by atoms with van der Waals surface area (Å²) < 4.78 is 4.91. The molecule has 0 aliphatic rings. The summed E-state index contributed by atoms with van der Waals surface area (Å²) in [5.74, 6) is 0.204. The lowest BCUT2D eigenvalue weighted by molar-refractivity contribution is -0.117. The predicted octanol–water partition coefficient (Wildman–Crippen LogP) is -0.335. The molecule has 1 heterocycles. The maximum atomic E-state index is 10.4. The lowest BCUT2D eigenvalue weighted by Gasteiger charge is -2.03. The quantitative estimate of drug-likeness (QED) is 0.674. The second kappa shape index (κ2) is 5.18. The fourth-order valence-electron chi connectivity index (χ4n) is 0.966. The summed E-state index contributed by atoms with van der Waals surface area (Å²) in [6.07, 6.45) is 1.69. The minimum absolute atomic E-state index is 0.173. The van der Waals surface area contributed by atoms with Gasteiger partial charge in [-0.05, 0) is 5.56 Å². The SMILES string of the molecule is COc1ccc(CNCC(N)=O)cn1. The molecule has 0 spiro atoms. The molecule has 1 aromatic rings. The summed E-state index contributed by atoms with van der Waals surface area (Å²) in [5, 5.41) is 2.88. The Balaban J connectivity index is 2.40. The van der Waals surface area contributed by atoms with Crippen LogP contribution in [0.4, 0.5) is 0 Å². The fourth-order valence-corrected chi connectivity index (χ4v) is 0.966. The Bertz CT molecular complexity index is 297. The third kappa shape index (κ3) is 3.40. The smallest absolute Gasteiger partial charge is 0.231 e. The van der Waals surface area contributed by atoms with Gasteiger partial charge in [0, 0.05) is 18.8 Å². The number of rotatable bonds is 5. The molecule has 1 aromatic heterocycles. The molecule has 0 unspecified atom stereocenters. The van der Waals surface area contributed by atoms with Crippen molar-refractivity contribution in [2.24, 2.45) is 5.73 Å². The van der Waals surface area contributed by atoms with Crippen LogP contribution in [-0.4, -0.2) is 24.5 Å². The van der Waals surface area contributed by atoms with Crippen LogP contribution in [0.25, 0.3) is 0 Å². The monoisotopic (exact) mass is 195 g/mol. The van der Waals surface area contributed by atoms with Crippen molar-refractivity contribution in [3.8, 4) is 5.88 Å². The minimum atomic E-state index is -0.369. The molecule has 0 aliphatic carbocycles. The first kappa shape index (κ1) is 10.5. The molecule has 5 heteroatoms. The van der Waals surface area contributed by atoms with E-state index in [1.165, 1.54) is 0 Å². The summed E-state index contributed by atoms with van der Waals surface area (Å²) in [4.78, 5) is 14.4. The molecule has 76 valence electrons. The maximum Gasteiger partial charge on any atom is 0.231 e. The molecule has 0 radical (unpaired) electrons. The first-order valence-electron chi connectivity index (χ1n) is 4.20. The average Bonchev–Trinajstić information content (AvgIpc) is 2.18.